The molecule has 1 aliphatic rings. The van der Waals surface area contributed by atoms with E-state index >= 15 is 0 Å². The predicted molar refractivity (Wildman–Crippen MR) is 49.4 cm³/mol. The molecule has 1 unspecified atom stereocenters. The van der Waals surface area contributed by atoms with Gasteiger partial charge in [0.05, 0.1) is 12.6 Å². The Hall–Kier alpha value is -0.870. The summed E-state index contributed by atoms with van der Waals surface area (Å²) in [6.07, 6.45) is 4.96. The average Bonchev–Trinajstić information content (AvgIpc) is 2.70. The fourth-order valence-electron chi connectivity index (χ4n) is 1.87. The second-order valence-corrected chi connectivity index (χ2v) is 3.45. The molecule has 0 saturated carbocycles. The van der Waals surface area contributed by atoms with Crippen molar-refractivity contribution in [2.45, 2.75) is 12.5 Å². The maximum atomic E-state index is 8.78. The van der Waals surface area contributed by atoms with Crippen LogP contribution in [0, 0.1) is 0 Å². The van der Waals surface area contributed by atoms with E-state index in [9.17, 15) is 0 Å². The summed E-state index contributed by atoms with van der Waals surface area (Å²) in [4.78, 5) is 2.27. The molecule has 13 heavy (non-hydrogen) atoms. The molecule has 0 spiro atoms. The number of rotatable bonds is 3. The molecule has 1 aromatic heterocycles. The summed E-state index contributed by atoms with van der Waals surface area (Å²) in [5.41, 5.74) is 0. The highest BCUT2D eigenvalue weighted by atomic mass is 16.3. The van der Waals surface area contributed by atoms with Crippen LogP contribution in [0.15, 0.2) is 18.5 Å². The lowest BCUT2D eigenvalue weighted by molar-refractivity contribution is 0.216. The number of hydrogen-bond donors (Lipinski definition) is 1. The molecule has 0 amide bonds. The number of aliphatic hydroxyl groups excluding tert-OH is 1. The molecule has 2 heterocycles. The van der Waals surface area contributed by atoms with Crippen molar-refractivity contribution in [3.8, 4) is 0 Å². The maximum absolute atomic E-state index is 8.78. The van der Waals surface area contributed by atoms with Gasteiger partial charge in [0.15, 0.2) is 0 Å². The van der Waals surface area contributed by atoms with E-state index in [2.05, 4.69) is 10.00 Å². The highest BCUT2D eigenvalue weighted by molar-refractivity contribution is 4.86. The number of aliphatic hydroxyl groups is 1. The molecular formula is C9H15N3O. The molecule has 1 saturated heterocycles. The first-order valence-corrected chi connectivity index (χ1v) is 4.72. The molecule has 4 nitrogen and oxygen atoms in total. The second kappa shape index (κ2) is 3.89. The summed E-state index contributed by atoms with van der Waals surface area (Å²) in [5, 5.41) is 13.0. The maximum Gasteiger partial charge on any atom is 0.0658 e. The van der Waals surface area contributed by atoms with Crippen LogP contribution < -0.4 is 0 Å². The van der Waals surface area contributed by atoms with Crippen molar-refractivity contribution in [1.29, 1.82) is 0 Å². The monoisotopic (exact) mass is 181 g/mol. The molecule has 0 bridgehead atoms. The summed E-state index contributed by atoms with van der Waals surface area (Å²) < 4.78 is 2.01. The number of likely N-dealkylation sites (tertiary alicyclic amines) is 1. The van der Waals surface area contributed by atoms with Gasteiger partial charge in [-0.1, -0.05) is 0 Å². The molecule has 0 radical (unpaired) electrons. The Morgan fingerprint density at radius 1 is 1.54 bits per heavy atom. The SMILES string of the molecule is OCCN1CCC(n2cccn2)C1. The Kier molecular flexibility index (Phi) is 2.61. The Bertz CT molecular complexity index is 247. The van der Waals surface area contributed by atoms with Gasteiger partial charge in [-0.2, -0.15) is 5.10 Å². The van der Waals surface area contributed by atoms with Gasteiger partial charge < -0.3 is 5.11 Å². The summed E-state index contributed by atoms with van der Waals surface area (Å²) in [7, 11) is 0. The van der Waals surface area contributed by atoms with Crippen molar-refractivity contribution < 1.29 is 5.11 Å². The molecule has 2 rings (SSSR count). The minimum absolute atomic E-state index is 0.256. The molecule has 1 atom stereocenters. The van der Waals surface area contributed by atoms with Crippen LogP contribution in [-0.2, 0) is 0 Å². The van der Waals surface area contributed by atoms with E-state index in [-0.39, 0.29) is 6.61 Å². The quantitative estimate of drug-likeness (QED) is 0.720. The van der Waals surface area contributed by atoms with Gasteiger partial charge >= 0.3 is 0 Å². The van der Waals surface area contributed by atoms with Gasteiger partial charge in [0.1, 0.15) is 0 Å². The number of nitrogens with zero attached hydrogens (tertiary/aromatic N) is 3. The first-order chi connectivity index (χ1) is 6.40. The highest BCUT2D eigenvalue weighted by Gasteiger charge is 2.22. The highest BCUT2D eigenvalue weighted by Crippen LogP contribution is 2.19. The first kappa shape index (κ1) is 8.72. The Balaban J connectivity index is 1.91. The number of aromatic nitrogens is 2. The van der Waals surface area contributed by atoms with Crippen molar-refractivity contribution >= 4 is 0 Å². The van der Waals surface area contributed by atoms with E-state index in [1.54, 1.807) is 0 Å². The van der Waals surface area contributed by atoms with E-state index in [1.807, 2.05) is 23.1 Å². The molecule has 1 N–H and O–H groups in total. The van der Waals surface area contributed by atoms with E-state index in [0.29, 0.717) is 6.04 Å². The summed E-state index contributed by atoms with van der Waals surface area (Å²) >= 11 is 0. The van der Waals surface area contributed by atoms with Gasteiger partial charge in [0, 0.05) is 32.0 Å². The standard InChI is InChI=1S/C9H15N3O/c13-7-6-11-5-2-9(8-11)12-4-1-3-10-12/h1,3-4,9,13H,2,5-8H2. The minimum Gasteiger partial charge on any atom is -0.395 e. The molecule has 0 aliphatic carbocycles. The van der Waals surface area contributed by atoms with Crippen molar-refractivity contribution in [2.24, 2.45) is 0 Å². The van der Waals surface area contributed by atoms with Gasteiger partial charge in [-0.25, -0.2) is 0 Å². The average molecular weight is 181 g/mol. The second-order valence-electron chi connectivity index (χ2n) is 3.45. The third-order valence-corrected chi connectivity index (χ3v) is 2.56. The Morgan fingerprint density at radius 2 is 2.46 bits per heavy atom. The third-order valence-electron chi connectivity index (χ3n) is 2.56. The zero-order chi connectivity index (χ0) is 9.10. The van der Waals surface area contributed by atoms with Crippen molar-refractivity contribution in [1.82, 2.24) is 14.7 Å². The fraction of sp³-hybridized carbons (Fsp3) is 0.667. The van der Waals surface area contributed by atoms with Crippen LogP contribution in [0.4, 0.5) is 0 Å². The smallest absolute Gasteiger partial charge is 0.0658 e. The normalized spacial score (nSPS) is 23.9. The van der Waals surface area contributed by atoms with Crippen LogP contribution in [0.5, 0.6) is 0 Å². The van der Waals surface area contributed by atoms with Crippen LogP contribution in [0.25, 0.3) is 0 Å². The Labute approximate surface area is 77.8 Å². The fourth-order valence-corrected chi connectivity index (χ4v) is 1.87. The van der Waals surface area contributed by atoms with Gasteiger partial charge in [-0.3, -0.25) is 9.58 Å². The van der Waals surface area contributed by atoms with Crippen molar-refractivity contribution in [3.63, 3.8) is 0 Å². The lowest BCUT2D eigenvalue weighted by atomic mass is 10.3. The van der Waals surface area contributed by atoms with E-state index < -0.39 is 0 Å². The first-order valence-electron chi connectivity index (χ1n) is 4.72. The van der Waals surface area contributed by atoms with Gasteiger partial charge in [0.25, 0.3) is 0 Å². The molecule has 4 heteroatoms. The topological polar surface area (TPSA) is 41.3 Å². The molecule has 72 valence electrons. The van der Waals surface area contributed by atoms with Crippen LogP contribution >= 0.6 is 0 Å². The molecule has 1 aliphatic heterocycles. The minimum atomic E-state index is 0.256. The van der Waals surface area contributed by atoms with Crippen LogP contribution in [0.3, 0.4) is 0 Å². The van der Waals surface area contributed by atoms with Crippen LogP contribution in [-0.4, -0.2) is 46.0 Å². The van der Waals surface area contributed by atoms with E-state index in [4.69, 9.17) is 5.11 Å². The predicted octanol–water partition coefficient (Wildman–Crippen LogP) is 0.122. The lowest BCUT2D eigenvalue weighted by Gasteiger charge is -2.14. The van der Waals surface area contributed by atoms with Gasteiger partial charge in [-0.05, 0) is 12.5 Å². The van der Waals surface area contributed by atoms with E-state index in [0.717, 1.165) is 26.1 Å². The zero-order valence-electron chi connectivity index (χ0n) is 7.63. The van der Waals surface area contributed by atoms with Gasteiger partial charge in [-0.15, -0.1) is 0 Å². The van der Waals surface area contributed by atoms with Crippen LogP contribution in [0.1, 0.15) is 12.5 Å². The zero-order valence-corrected chi connectivity index (χ0v) is 7.63. The largest absolute Gasteiger partial charge is 0.395 e. The van der Waals surface area contributed by atoms with Crippen molar-refractivity contribution in [3.05, 3.63) is 18.5 Å². The molecule has 0 aromatic carbocycles. The number of hydrogen-bond acceptors (Lipinski definition) is 3. The molecule has 1 aromatic rings. The van der Waals surface area contributed by atoms with Crippen molar-refractivity contribution in [2.75, 3.05) is 26.2 Å². The lowest BCUT2D eigenvalue weighted by Crippen LogP contribution is -2.24. The third kappa shape index (κ3) is 1.89. The molecular weight excluding hydrogens is 166 g/mol. The summed E-state index contributed by atoms with van der Waals surface area (Å²) in [6, 6.07) is 2.45. The van der Waals surface area contributed by atoms with Gasteiger partial charge in [0.2, 0.25) is 0 Å². The summed E-state index contributed by atoms with van der Waals surface area (Å²) in [5.74, 6) is 0. The van der Waals surface area contributed by atoms with E-state index in [1.165, 1.54) is 0 Å². The van der Waals surface area contributed by atoms with Crippen LogP contribution in [0.2, 0.25) is 0 Å². The number of β-amino-alcohol motifs (C(OH)–C–C–N with tert-alkyl or cyclic N) is 1. The summed E-state index contributed by atoms with van der Waals surface area (Å²) in [6.45, 7) is 3.14. The molecule has 1 fully saturated rings. The Morgan fingerprint density at radius 3 is 3.15 bits per heavy atom.